The summed E-state index contributed by atoms with van der Waals surface area (Å²) in [5, 5.41) is 3.94. The summed E-state index contributed by atoms with van der Waals surface area (Å²) in [4.78, 5) is 6.61. The van der Waals surface area contributed by atoms with Gasteiger partial charge in [0.2, 0.25) is 5.89 Å². The molecule has 1 aliphatic heterocycles. The summed E-state index contributed by atoms with van der Waals surface area (Å²) >= 11 is 0. The Hall–Kier alpha value is -0.940. The van der Waals surface area contributed by atoms with Gasteiger partial charge in [-0.15, -0.1) is 0 Å². The Labute approximate surface area is 89.4 Å². The van der Waals surface area contributed by atoms with E-state index in [0.29, 0.717) is 11.8 Å². The molecule has 0 saturated carbocycles. The van der Waals surface area contributed by atoms with Crippen LogP contribution in [0.4, 0.5) is 0 Å². The monoisotopic (exact) mass is 211 g/mol. The number of rotatable bonds is 3. The van der Waals surface area contributed by atoms with Crippen LogP contribution < -0.4 is 0 Å². The van der Waals surface area contributed by atoms with Crippen LogP contribution in [0.3, 0.4) is 0 Å². The van der Waals surface area contributed by atoms with E-state index in [4.69, 9.17) is 9.26 Å². The maximum absolute atomic E-state index is 5.27. The topological polar surface area (TPSA) is 51.4 Å². The van der Waals surface area contributed by atoms with Crippen LogP contribution in [0.2, 0.25) is 0 Å². The minimum Gasteiger partial charge on any atom is -0.379 e. The van der Waals surface area contributed by atoms with E-state index < -0.39 is 0 Å². The number of hydrogen-bond acceptors (Lipinski definition) is 5. The molecular weight excluding hydrogens is 194 g/mol. The van der Waals surface area contributed by atoms with E-state index in [2.05, 4.69) is 28.9 Å². The fourth-order valence-electron chi connectivity index (χ4n) is 1.52. The largest absolute Gasteiger partial charge is 0.379 e. The Morgan fingerprint density at radius 1 is 1.33 bits per heavy atom. The number of ether oxygens (including phenoxy) is 1. The molecule has 0 atom stereocenters. The smallest absolute Gasteiger partial charge is 0.240 e. The highest BCUT2D eigenvalue weighted by Crippen LogP contribution is 2.11. The molecule has 0 aliphatic carbocycles. The first-order valence-corrected chi connectivity index (χ1v) is 5.38. The number of morpholine rings is 1. The minimum atomic E-state index is 0.326. The van der Waals surface area contributed by atoms with Gasteiger partial charge in [-0.3, -0.25) is 4.90 Å². The van der Waals surface area contributed by atoms with Gasteiger partial charge in [-0.1, -0.05) is 19.0 Å². The molecule has 5 heteroatoms. The fraction of sp³-hybridized carbons (Fsp3) is 0.800. The average Bonchev–Trinajstić information content (AvgIpc) is 2.68. The lowest BCUT2D eigenvalue weighted by Gasteiger charge is -2.24. The molecule has 0 bridgehead atoms. The van der Waals surface area contributed by atoms with E-state index in [-0.39, 0.29) is 0 Å². The van der Waals surface area contributed by atoms with Gasteiger partial charge in [-0.25, -0.2) is 0 Å². The molecule has 0 amide bonds. The first kappa shape index (κ1) is 10.6. The Balaban J connectivity index is 1.91. The van der Waals surface area contributed by atoms with Crippen molar-refractivity contribution in [1.82, 2.24) is 15.0 Å². The molecule has 0 radical (unpaired) electrons. The third-order valence-electron chi connectivity index (χ3n) is 2.46. The maximum Gasteiger partial charge on any atom is 0.240 e. The fourth-order valence-corrected chi connectivity index (χ4v) is 1.52. The van der Waals surface area contributed by atoms with E-state index in [0.717, 1.165) is 38.7 Å². The molecule has 0 spiro atoms. The van der Waals surface area contributed by atoms with Gasteiger partial charge in [-0.05, 0) is 0 Å². The zero-order valence-electron chi connectivity index (χ0n) is 9.27. The predicted octanol–water partition coefficient (Wildman–Crippen LogP) is 1.03. The van der Waals surface area contributed by atoms with Crippen LogP contribution in [-0.4, -0.2) is 41.3 Å². The van der Waals surface area contributed by atoms with Crippen LogP contribution in [0.5, 0.6) is 0 Å². The van der Waals surface area contributed by atoms with Gasteiger partial charge in [0.25, 0.3) is 0 Å². The van der Waals surface area contributed by atoms with Crippen LogP contribution in [0.15, 0.2) is 4.52 Å². The van der Waals surface area contributed by atoms with Crippen molar-refractivity contribution in [3.8, 4) is 0 Å². The summed E-state index contributed by atoms with van der Waals surface area (Å²) in [7, 11) is 0. The lowest BCUT2D eigenvalue weighted by atomic mass is 10.2. The van der Waals surface area contributed by atoms with Crippen molar-refractivity contribution in [3.63, 3.8) is 0 Å². The lowest BCUT2D eigenvalue weighted by molar-refractivity contribution is 0.0297. The third kappa shape index (κ3) is 2.76. The number of hydrogen-bond donors (Lipinski definition) is 0. The van der Waals surface area contributed by atoms with Gasteiger partial charge in [-0.2, -0.15) is 4.98 Å². The Kier molecular flexibility index (Phi) is 3.33. The molecule has 2 rings (SSSR count). The summed E-state index contributed by atoms with van der Waals surface area (Å²) in [6, 6.07) is 0. The van der Waals surface area contributed by atoms with Crippen LogP contribution in [0.1, 0.15) is 31.5 Å². The van der Waals surface area contributed by atoms with E-state index in [1.54, 1.807) is 0 Å². The molecule has 0 aromatic carbocycles. The summed E-state index contributed by atoms with van der Waals surface area (Å²) in [6.07, 6.45) is 0. The minimum absolute atomic E-state index is 0.326. The standard InChI is InChI=1S/C10H17N3O2/c1-8(2)10-11-9(15-12-10)7-13-3-5-14-6-4-13/h8H,3-7H2,1-2H3. The highest BCUT2D eigenvalue weighted by Gasteiger charge is 2.15. The molecule has 1 saturated heterocycles. The maximum atomic E-state index is 5.27. The molecule has 15 heavy (non-hydrogen) atoms. The van der Waals surface area contributed by atoms with E-state index in [9.17, 15) is 0 Å². The molecule has 0 unspecified atom stereocenters. The van der Waals surface area contributed by atoms with Crippen LogP contribution in [0.25, 0.3) is 0 Å². The third-order valence-corrected chi connectivity index (χ3v) is 2.46. The van der Waals surface area contributed by atoms with Crippen molar-refractivity contribution < 1.29 is 9.26 Å². The van der Waals surface area contributed by atoms with Crippen molar-refractivity contribution in [2.75, 3.05) is 26.3 Å². The first-order valence-electron chi connectivity index (χ1n) is 5.38. The SMILES string of the molecule is CC(C)c1noc(CN2CCOCC2)n1. The lowest BCUT2D eigenvalue weighted by Crippen LogP contribution is -2.35. The summed E-state index contributed by atoms with van der Waals surface area (Å²) < 4.78 is 10.5. The molecular formula is C10H17N3O2. The Morgan fingerprint density at radius 3 is 2.67 bits per heavy atom. The average molecular weight is 211 g/mol. The Bertz CT molecular complexity index is 305. The molecule has 84 valence electrons. The summed E-state index contributed by atoms with van der Waals surface area (Å²) in [5.41, 5.74) is 0. The normalized spacial score (nSPS) is 18.6. The number of aromatic nitrogens is 2. The van der Waals surface area contributed by atoms with Gasteiger partial charge in [0.05, 0.1) is 19.8 Å². The van der Waals surface area contributed by atoms with Crippen LogP contribution in [0, 0.1) is 0 Å². The second-order valence-electron chi connectivity index (χ2n) is 4.09. The van der Waals surface area contributed by atoms with Gasteiger partial charge in [0.15, 0.2) is 5.82 Å². The number of nitrogens with zero attached hydrogens (tertiary/aromatic N) is 3. The van der Waals surface area contributed by atoms with Crippen molar-refractivity contribution in [1.29, 1.82) is 0 Å². The van der Waals surface area contributed by atoms with Crippen molar-refractivity contribution in [3.05, 3.63) is 11.7 Å². The van der Waals surface area contributed by atoms with Gasteiger partial charge in [0.1, 0.15) is 0 Å². The molecule has 1 aromatic heterocycles. The van der Waals surface area contributed by atoms with Crippen molar-refractivity contribution >= 4 is 0 Å². The summed E-state index contributed by atoms with van der Waals surface area (Å²) in [6.45, 7) is 8.34. The molecule has 2 heterocycles. The zero-order chi connectivity index (χ0) is 10.7. The molecule has 5 nitrogen and oxygen atoms in total. The van der Waals surface area contributed by atoms with Gasteiger partial charge in [0, 0.05) is 19.0 Å². The van der Waals surface area contributed by atoms with E-state index >= 15 is 0 Å². The van der Waals surface area contributed by atoms with Crippen LogP contribution in [-0.2, 0) is 11.3 Å². The molecule has 0 N–H and O–H groups in total. The molecule has 1 aliphatic rings. The van der Waals surface area contributed by atoms with Crippen LogP contribution >= 0.6 is 0 Å². The molecule has 1 aromatic rings. The predicted molar refractivity (Wildman–Crippen MR) is 54.5 cm³/mol. The second kappa shape index (κ2) is 4.72. The highest BCUT2D eigenvalue weighted by molar-refractivity contribution is 4.91. The van der Waals surface area contributed by atoms with Crippen molar-refractivity contribution in [2.24, 2.45) is 0 Å². The van der Waals surface area contributed by atoms with Gasteiger partial charge < -0.3 is 9.26 Å². The first-order chi connectivity index (χ1) is 7.25. The molecule has 1 fully saturated rings. The quantitative estimate of drug-likeness (QED) is 0.747. The second-order valence-corrected chi connectivity index (χ2v) is 4.09. The highest BCUT2D eigenvalue weighted by atomic mass is 16.5. The van der Waals surface area contributed by atoms with Crippen molar-refractivity contribution in [2.45, 2.75) is 26.3 Å². The van der Waals surface area contributed by atoms with E-state index in [1.807, 2.05) is 0 Å². The van der Waals surface area contributed by atoms with E-state index in [1.165, 1.54) is 0 Å². The van der Waals surface area contributed by atoms with Gasteiger partial charge >= 0.3 is 0 Å². The Morgan fingerprint density at radius 2 is 2.07 bits per heavy atom. The summed E-state index contributed by atoms with van der Waals surface area (Å²) in [5.74, 6) is 1.83. The zero-order valence-corrected chi connectivity index (χ0v) is 9.27.